The van der Waals surface area contributed by atoms with E-state index in [-0.39, 0.29) is 0 Å². The van der Waals surface area contributed by atoms with Crippen molar-refractivity contribution in [1.82, 2.24) is 4.90 Å². The molecule has 1 heteroatoms. The zero-order valence-electron chi connectivity index (χ0n) is 12.8. The summed E-state index contributed by atoms with van der Waals surface area (Å²) in [5.41, 5.74) is 0. The molecule has 0 saturated carbocycles. The highest BCUT2D eigenvalue weighted by Gasteiger charge is 2.12. The molecule has 0 saturated heterocycles. The fourth-order valence-corrected chi connectivity index (χ4v) is 2.72. The molecular weight excluding hydrogens is 206 g/mol. The Morgan fingerprint density at radius 1 is 0.706 bits per heavy atom. The SMILES string of the molecule is CCCCCCCCCC(CC)N(CC)CC. The summed E-state index contributed by atoms with van der Waals surface area (Å²) in [4.78, 5) is 2.62. The summed E-state index contributed by atoms with van der Waals surface area (Å²) in [6.07, 6.45) is 12.7. The third kappa shape index (κ3) is 8.65. The van der Waals surface area contributed by atoms with Crippen molar-refractivity contribution in [2.75, 3.05) is 13.1 Å². The lowest BCUT2D eigenvalue weighted by Crippen LogP contribution is -2.34. The molecule has 1 atom stereocenters. The molecule has 0 aliphatic rings. The monoisotopic (exact) mass is 241 g/mol. The Morgan fingerprint density at radius 3 is 1.71 bits per heavy atom. The summed E-state index contributed by atoms with van der Waals surface area (Å²) >= 11 is 0. The van der Waals surface area contributed by atoms with Gasteiger partial charge in [0.25, 0.3) is 0 Å². The minimum Gasteiger partial charge on any atom is -0.301 e. The van der Waals surface area contributed by atoms with E-state index in [2.05, 4.69) is 32.6 Å². The Hall–Kier alpha value is -0.0400. The van der Waals surface area contributed by atoms with Crippen molar-refractivity contribution in [3.63, 3.8) is 0 Å². The molecule has 0 aliphatic heterocycles. The van der Waals surface area contributed by atoms with Crippen LogP contribution in [0.15, 0.2) is 0 Å². The van der Waals surface area contributed by atoms with E-state index in [0.29, 0.717) is 0 Å². The van der Waals surface area contributed by atoms with Crippen LogP contribution in [0.25, 0.3) is 0 Å². The molecule has 0 amide bonds. The first-order chi connectivity index (χ1) is 8.29. The lowest BCUT2D eigenvalue weighted by molar-refractivity contribution is 0.196. The summed E-state index contributed by atoms with van der Waals surface area (Å²) in [5, 5.41) is 0. The first-order valence-electron chi connectivity index (χ1n) is 8.04. The lowest BCUT2D eigenvalue weighted by Gasteiger charge is -2.28. The molecule has 17 heavy (non-hydrogen) atoms. The smallest absolute Gasteiger partial charge is 0.00924 e. The Kier molecular flexibility index (Phi) is 12.4. The van der Waals surface area contributed by atoms with Crippen molar-refractivity contribution in [2.45, 2.75) is 91.5 Å². The largest absolute Gasteiger partial charge is 0.301 e. The van der Waals surface area contributed by atoms with Gasteiger partial charge >= 0.3 is 0 Å². The number of hydrogen-bond donors (Lipinski definition) is 0. The Balaban J connectivity index is 3.49. The second-order valence-electron chi connectivity index (χ2n) is 5.19. The predicted octanol–water partition coefficient (Wildman–Crippen LogP) is 5.25. The van der Waals surface area contributed by atoms with E-state index in [9.17, 15) is 0 Å². The fourth-order valence-electron chi connectivity index (χ4n) is 2.72. The highest BCUT2D eigenvalue weighted by molar-refractivity contribution is 4.68. The van der Waals surface area contributed by atoms with Gasteiger partial charge in [0.1, 0.15) is 0 Å². The minimum atomic E-state index is 0.834. The molecule has 104 valence electrons. The normalized spacial score (nSPS) is 13.2. The summed E-state index contributed by atoms with van der Waals surface area (Å²) in [6, 6.07) is 0.834. The lowest BCUT2D eigenvalue weighted by atomic mass is 10.0. The maximum Gasteiger partial charge on any atom is 0.00924 e. The number of unbranched alkanes of at least 4 members (excludes halogenated alkanes) is 6. The van der Waals surface area contributed by atoms with Crippen molar-refractivity contribution in [2.24, 2.45) is 0 Å². The topological polar surface area (TPSA) is 3.24 Å². The third-order valence-electron chi connectivity index (χ3n) is 3.94. The molecule has 0 aliphatic carbocycles. The zero-order valence-corrected chi connectivity index (χ0v) is 12.8. The zero-order chi connectivity index (χ0) is 12.9. The van der Waals surface area contributed by atoms with E-state index in [1.807, 2.05) is 0 Å². The van der Waals surface area contributed by atoms with E-state index in [1.54, 1.807) is 0 Å². The van der Waals surface area contributed by atoms with Crippen LogP contribution in [0.5, 0.6) is 0 Å². The molecule has 0 fully saturated rings. The van der Waals surface area contributed by atoms with Crippen molar-refractivity contribution in [3.8, 4) is 0 Å². The van der Waals surface area contributed by atoms with Gasteiger partial charge in [-0.05, 0) is 25.9 Å². The highest BCUT2D eigenvalue weighted by Crippen LogP contribution is 2.14. The molecule has 1 nitrogen and oxygen atoms in total. The van der Waals surface area contributed by atoms with Crippen LogP contribution in [-0.2, 0) is 0 Å². The quantitative estimate of drug-likeness (QED) is 0.422. The van der Waals surface area contributed by atoms with Crippen LogP contribution in [-0.4, -0.2) is 24.0 Å². The van der Waals surface area contributed by atoms with Crippen molar-refractivity contribution >= 4 is 0 Å². The first-order valence-corrected chi connectivity index (χ1v) is 8.04. The summed E-state index contributed by atoms with van der Waals surface area (Å²) in [6.45, 7) is 11.6. The first kappa shape index (κ1) is 17.0. The maximum absolute atomic E-state index is 2.62. The number of nitrogens with zero attached hydrogens (tertiary/aromatic N) is 1. The summed E-state index contributed by atoms with van der Waals surface area (Å²) in [5.74, 6) is 0. The van der Waals surface area contributed by atoms with Crippen molar-refractivity contribution < 1.29 is 0 Å². The molecular formula is C16H35N. The molecule has 0 radical (unpaired) electrons. The third-order valence-corrected chi connectivity index (χ3v) is 3.94. The average molecular weight is 241 g/mol. The van der Waals surface area contributed by atoms with Gasteiger partial charge in [-0.3, -0.25) is 0 Å². The van der Waals surface area contributed by atoms with Crippen LogP contribution in [0.3, 0.4) is 0 Å². The van der Waals surface area contributed by atoms with E-state index < -0.39 is 0 Å². The van der Waals surface area contributed by atoms with Gasteiger partial charge < -0.3 is 4.90 Å². The van der Waals surface area contributed by atoms with Gasteiger partial charge in [0.2, 0.25) is 0 Å². The molecule has 1 unspecified atom stereocenters. The van der Waals surface area contributed by atoms with Crippen molar-refractivity contribution in [1.29, 1.82) is 0 Å². The van der Waals surface area contributed by atoms with Gasteiger partial charge in [-0.15, -0.1) is 0 Å². The minimum absolute atomic E-state index is 0.834. The maximum atomic E-state index is 2.62. The van der Waals surface area contributed by atoms with E-state index in [4.69, 9.17) is 0 Å². The van der Waals surface area contributed by atoms with Crippen LogP contribution in [0.2, 0.25) is 0 Å². The van der Waals surface area contributed by atoms with E-state index in [1.165, 1.54) is 70.9 Å². The molecule has 0 spiro atoms. The van der Waals surface area contributed by atoms with Gasteiger partial charge in [-0.1, -0.05) is 72.6 Å². The van der Waals surface area contributed by atoms with Crippen LogP contribution in [0.1, 0.15) is 85.5 Å². The van der Waals surface area contributed by atoms with Crippen LogP contribution in [0, 0.1) is 0 Å². The molecule has 0 aromatic carbocycles. The number of hydrogen-bond acceptors (Lipinski definition) is 1. The number of rotatable bonds is 12. The second-order valence-corrected chi connectivity index (χ2v) is 5.19. The van der Waals surface area contributed by atoms with Gasteiger partial charge in [0.15, 0.2) is 0 Å². The van der Waals surface area contributed by atoms with Crippen LogP contribution >= 0.6 is 0 Å². The van der Waals surface area contributed by atoms with Gasteiger partial charge in [0.05, 0.1) is 0 Å². The Morgan fingerprint density at radius 2 is 1.24 bits per heavy atom. The highest BCUT2D eigenvalue weighted by atomic mass is 15.1. The molecule has 0 bridgehead atoms. The van der Waals surface area contributed by atoms with Crippen LogP contribution in [0.4, 0.5) is 0 Å². The second kappa shape index (κ2) is 12.4. The molecule has 0 aromatic rings. The van der Waals surface area contributed by atoms with Gasteiger partial charge in [0, 0.05) is 6.04 Å². The molecule has 0 rings (SSSR count). The molecule has 0 heterocycles. The summed E-state index contributed by atoms with van der Waals surface area (Å²) in [7, 11) is 0. The summed E-state index contributed by atoms with van der Waals surface area (Å²) < 4.78 is 0. The Labute approximate surface area is 110 Å². The Bertz CT molecular complexity index is 140. The van der Waals surface area contributed by atoms with Gasteiger partial charge in [-0.2, -0.15) is 0 Å². The predicted molar refractivity (Wildman–Crippen MR) is 79.6 cm³/mol. The van der Waals surface area contributed by atoms with E-state index >= 15 is 0 Å². The molecule has 0 aromatic heterocycles. The van der Waals surface area contributed by atoms with Crippen LogP contribution < -0.4 is 0 Å². The standard InChI is InChI=1S/C16H35N/c1-5-9-10-11-12-13-14-15-16(6-2)17(7-3)8-4/h16H,5-15H2,1-4H3. The molecule has 0 N–H and O–H groups in total. The average Bonchev–Trinajstić information content (AvgIpc) is 2.36. The van der Waals surface area contributed by atoms with Gasteiger partial charge in [-0.25, -0.2) is 0 Å². The van der Waals surface area contributed by atoms with E-state index in [0.717, 1.165) is 6.04 Å². The van der Waals surface area contributed by atoms with Crippen molar-refractivity contribution in [3.05, 3.63) is 0 Å². The fraction of sp³-hybridized carbons (Fsp3) is 1.00.